The molecule has 1 unspecified atom stereocenters. The molecule has 0 radical (unpaired) electrons. The van der Waals surface area contributed by atoms with Gasteiger partial charge in [0.25, 0.3) is 0 Å². The van der Waals surface area contributed by atoms with Gasteiger partial charge in [0.05, 0.1) is 5.60 Å². The Morgan fingerprint density at radius 1 is 1.47 bits per heavy atom. The van der Waals surface area contributed by atoms with Crippen molar-refractivity contribution in [2.75, 3.05) is 20.1 Å². The van der Waals surface area contributed by atoms with Gasteiger partial charge in [-0.15, -0.1) is 0 Å². The number of nitrogens with zero attached hydrogens (tertiary/aromatic N) is 1. The van der Waals surface area contributed by atoms with Crippen molar-refractivity contribution in [3.05, 3.63) is 35.6 Å². The van der Waals surface area contributed by atoms with Gasteiger partial charge >= 0.3 is 0 Å². The van der Waals surface area contributed by atoms with E-state index in [4.69, 9.17) is 0 Å². The highest BCUT2D eigenvalue weighted by molar-refractivity contribution is 5.20. The topological polar surface area (TPSA) is 23.5 Å². The van der Waals surface area contributed by atoms with Crippen LogP contribution in [0.4, 0.5) is 4.39 Å². The second-order valence-corrected chi connectivity index (χ2v) is 4.48. The van der Waals surface area contributed by atoms with Crippen LogP contribution in [0.5, 0.6) is 0 Å². The normalized spacial score (nSPS) is 27.1. The number of likely N-dealkylation sites (N-methyl/N-ethyl adjacent to an activating group) is 1. The fourth-order valence-electron chi connectivity index (χ4n) is 2.20. The van der Waals surface area contributed by atoms with E-state index in [1.165, 1.54) is 6.07 Å². The summed E-state index contributed by atoms with van der Waals surface area (Å²) in [5.74, 6) is -0.222. The standard InChI is InChI=1S/C12H16FNO/c1-14-7-6-12(15,9-14)8-10-4-2-3-5-11(10)13/h2-5,15H,6-9H2,1H3. The molecule has 0 aliphatic carbocycles. The van der Waals surface area contributed by atoms with E-state index in [9.17, 15) is 9.50 Å². The minimum Gasteiger partial charge on any atom is -0.388 e. The minimum atomic E-state index is -0.753. The number of aliphatic hydroxyl groups is 1. The van der Waals surface area contributed by atoms with Gasteiger partial charge in [-0.1, -0.05) is 18.2 Å². The lowest BCUT2D eigenvalue weighted by Gasteiger charge is -2.22. The first kappa shape index (κ1) is 10.6. The highest BCUT2D eigenvalue weighted by Gasteiger charge is 2.34. The van der Waals surface area contributed by atoms with Crippen LogP contribution < -0.4 is 0 Å². The van der Waals surface area contributed by atoms with E-state index >= 15 is 0 Å². The van der Waals surface area contributed by atoms with Crippen LogP contribution in [-0.4, -0.2) is 35.7 Å². The molecular weight excluding hydrogens is 193 g/mol. The number of hydrogen-bond acceptors (Lipinski definition) is 2. The molecule has 1 aromatic rings. The van der Waals surface area contributed by atoms with E-state index in [1.54, 1.807) is 18.2 Å². The van der Waals surface area contributed by atoms with Gasteiger partial charge < -0.3 is 10.0 Å². The maximum Gasteiger partial charge on any atom is 0.126 e. The number of likely N-dealkylation sites (tertiary alicyclic amines) is 1. The zero-order chi connectivity index (χ0) is 10.9. The maximum absolute atomic E-state index is 13.4. The highest BCUT2D eigenvalue weighted by Crippen LogP contribution is 2.25. The number of β-amino-alcohol motifs (C(OH)–C–C–N with tert-alkyl or cyclic N) is 1. The minimum absolute atomic E-state index is 0.222. The molecule has 15 heavy (non-hydrogen) atoms. The molecule has 1 heterocycles. The summed E-state index contributed by atoms with van der Waals surface area (Å²) in [6, 6.07) is 6.66. The quantitative estimate of drug-likeness (QED) is 0.796. The molecule has 1 aliphatic rings. The van der Waals surface area contributed by atoms with Crippen LogP contribution in [0.2, 0.25) is 0 Å². The molecule has 0 amide bonds. The molecular formula is C12H16FNO. The van der Waals surface area contributed by atoms with Gasteiger partial charge in [-0.3, -0.25) is 0 Å². The first-order valence-electron chi connectivity index (χ1n) is 5.23. The predicted octanol–water partition coefficient (Wildman–Crippen LogP) is 1.43. The molecule has 82 valence electrons. The molecule has 1 aromatic carbocycles. The predicted molar refractivity (Wildman–Crippen MR) is 57.2 cm³/mol. The van der Waals surface area contributed by atoms with Crippen LogP contribution >= 0.6 is 0 Å². The number of halogens is 1. The molecule has 1 fully saturated rings. The fraction of sp³-hybridized carbons (Fsp3) is 0.500. The Balaban J connectivity index is 2.12. The summed E-state index contributed by atoms with van der Waals surface area (Å²) in [7, 11) is 1.97. The van der Waals surface area contributed by atoms with Crippen LogP contribution in [0.25, 0.3) is 0 Å². The summed E-state index contributed by atoms with van der Waals surface area (Å²) in [6.45, 7) is 1.51. The summed E-state index contributed by atoms with van der Waals surface area (Å²) < 4.78 is 13.4. The lowest BCUT2D eigenvalue weighted by Crippen LogP contribution is -2.34. The monoisotopic (exact) mass is 209 g/mol. The number of benzene rings is 1. The Morgan fingerprint density at radius 3 is 2.80 bits per heavy atom. The third-order valence-corrected chi connectivity index (χ3v) is 3.00. The van der Waals surface area contributed by atoms with Crippen molar-refractivity contribution in [3.8, 4) is 0 Å². The molecule has 1 N–H and O–H groups in total. The Labute approximate surface area is 89.3 Å². The van der Waals surface area contributed by atoms with Gasteiger partial charge in [0, 0.05) is 19.5 Å². The summed E-state index contributed by atoms with van der Waals surface area (Å²) in [5.41, 5.74) is -0.146. The smallest absolute Gasteiger partial charge is 0.126 e. The SMILES string of the molecule is CN1CCC(O)(Cc2ccccc2F)C1. The van der Waals surface area contributed by atoms with Crippen LogP contribution in [0.15, 0.2) is 24.3 Å². The van der Waals surface area contributed by atoms with Crippen LogP contribution in [0.1, 0.15) is 12.0 Å². The maximum atomic E-state index is 13.4. The van der Waals surface area contributed by atoms with E-state index < -0.39 is 5.60 Å². The summed E-state index contributed by atoms with van der Waals surface area (Å²) in [6.07, 6.45) is 1.13. The Hall–Kier alpha value is -0.930. The van der Waals surface area contributed by atoms with Crippen molar-refractivity contribution < 1.29 is 9.50 Å². The molecule has 0 saturated carbocycles. The molecule has 3 heteroatoms. The Morgan fingerprint density at radius 2 is 2.20 bits per heavy atom. The van der Waals surface area contributed by atoms with Gasteiger partial charge in [0.1, 0.15) is 5.82 Å². The lowest BCUT2D eigenvalue weighted by atomic mass is 9.93. The number of hydrogen-bond donors (Lipinski definition) is 1. The molecule has 0 aromatic heterocycles. The van der Waals surface area contributed by atoms with Crippen LogP contribution in [-0.2, 0) is 6.42 Å². The van der Waals surface area contributed by atoms with Gasteiger partial charge in [-0.05, 0) is 25.1 Å². The molecule has 1 aliphatic heterocycles. The second-order valence-electron chi connectivity index (χ2n) is 4.48. The van der Waals surface area contributed by atoms with Gasteiger partial charge in [-0.25, -0.2) is 4.39 Å². The molecule has 2 nitrogen and oxygen atoms in total. The van der Waals surface area contributed by atoms with Gasteiger partial charge in [-0.2, -0.15) is 0 Å². The zero-order valence-electron chi connectivity index (χ0n) is 8.91. The van der Waals surface area contributed by atoms with E-state index in [-0.39, 0.29) is 5.82 Å². The van der Waals surface area contributed by atoms with Crippen molar-refractivity contribution in [1.82, 2.24) is 4.90 Å². The fourth-order valence-corrected chi connectivity index (χ4v) is 2.20. The average molecular weight is 209 g/mol. The summed E-state index contributed by atoms with van der Waals surface area (Å²) in [4.78, 5) is 2.07. The summed E-state index contributed by atoms with van der Waals surface area (Å²) in [5, 5.41) is 10.2. The third-order valence-electron chi connectivity index (χ3n) is 3.00. The lowest BCUT2D eigenvalue weighted by molar-refractivity contribution is 0.0515. The summed E-state index contributed by atoms with van der Waals surface area (Å²) >= 11 is 0. The van der Waals surface area contributed by atoms with Gasteiger partial charge in [0.2, 0.25) is 0 Å². The van der Waals surface area contributed by atoms with Crippen LogP contribution in [0.3, 0.4) is 0 Å². The largest absolute Gasteiger partial charge is 0.388 e. The van der Waals surface area contributed by atoms with Crippen LogP contribution in [0, 0.1) is 5.82 Å². The van der Waals surface area contributed by atoms with Crippen molar-refractivity contribution in [2.24, 2.45) is 0 Å². The third kappa shape index (κ3) is 2.36. The Bertz CT molecular complexity index is 355. The average Bonchev–Trinajstić information content (AvgIpc) is 2.51. The first-order valence-corrected chi connectivity index (χ1v) is 5.23. The second kappa shape index (κ2) is 3.91. The van der Waals surface area contributed by atoms with Crippen molar-refractivity contribution >= 4 is 0 Å². The van der Waals surface area contributed by atoms with E-state index in [0.29, 0.717) is 18.5 Å². The molecule has 1 saturated heterocycles. The van der Waals surface area contributed by atoms with E-state index in [1.807, 2.05) is 7.05 Å². The van der Waals surface area contributed by atoms with E-state index in [0.717, 1.165) is 13.0 Å². The zero-order valence-corrected chi connectivity index (χ0v) is 8.91. The molecule has 2 rings (SSSR count). The van der Waals surface area contributed by atoms with Crippen molar-refractivity contribution in [2.45, 2.75) is 18.4 Å². The molecule has 0 spiro atoms. The van der Waals surface area contributed by atoms with E-state index in [2.05, 4.69) is 4.90 Å². The Kier molecular flexibility index (Phi) is 2.76. The van der Waals surface area contributed by atoms with Gasteiger partial charge in [0.15, 0.2) is 0 Å². The molecule has 1 atom stereocenters. The van der Waals surface area contributed by atoms with Crippen molar-refractivity contribution in [1.29, 1.82) is 0 Å². The number of rotatable bonds is 2. The van der Waals surface area contributed by atoms with Crippen molar-refractivity contribution in [3.63, 3.8) is 0 Å². The first-order chi connectivity index (χ1) is 7.09. The molecule has 0 bridgehead atoms. The highest BCUT2D eigenvalue weighted by atomic mass is 19.1.